The number of fused-ring (bicyclic) bond motifs is 1. The first-order valence-corrected chi connectivity index (χ1v) is 9.13. The number of nitrogens with one attached hydrogen (secondary N) is 2. The summed E-state index contributed by atoms with van der Waals surface area (Å²) in [5, 5.41) is 5.73. The zero-order valence-electron chi connectivity index (χ0n) is 14.9. The van der Waals surface area contributed by atoms with Gasteiger partial charge in [0.25, 0.3) is 5.91 Å². The molecular formula is C21H21N3O3. The van der Waals surface area contributed by atoms with E-state index in [2.05, 4.69) is 22.8 Å². The molecule has 2 aromatic carbocycles. The summed E-state index contributed by atoms with van der Waals surface area (Å²) >= 11 is 0. The number of nitrogens with zero attached hydrogens (tertiary/aromatic N) is 1. The third-order valence-electron chi connectivity index (χ3n) is 5.09. The highest BCUT2D eigenvalue weighted by molar-refractivity contribution is 6.05. The molecule has 2 N–H and O–H groups in total. The van der Waals surface area contributed by atoms with Gasteiger partial charge in [0.15, 0.2) is 0 Å². The molecule has 2 aliphatic heterocycles. The van der Waals surface area contributed by atoms with E-state index in [4.69, 9.17) is 0 Å². The Morgan fingerprint density at radius 2 is 1.78 bits per heavy atom. The number of rotatable bonds is 5. The summed E-state index contributed by atoms with van der Waals surface area (Å²) in [5.74, 6) is -0.785. The average molecular weight is 363 g/mol. The molecule has 6 nitrogen and oxygen atoms in total. The molecule has 2 aliphatic rings. The van der Waals surface area contributed by atoms with Crippen LogP contribution in [0.4, 0.5) is 0 Å². The Morgan fingerprint density at radius 3 is 2.56 bits per heavy atom. The van der Waals surface area contributed by atoms with Crippen molar-refractivity contribution in [3.05, 3.63) is 70.8 Å². The van der Waals surface area contributed by atoms with E-state index >= 15 is 0 Å². The van der Waals surface area contributed by atoms with E-state index < -0.39 is 6.04 Å². The molecule has 0 aliphatic carbocycles. The number of imide groups is 1. The predicted molar refractivity (Wildman–Crippen MR) is 99.5 cm³/mol. The topological polar surface area (TPSA) is 78.5 Å². The normalized spacial score (nSPS) is 19.2. The monoisotopic (exact) mass is 363 g/mol. The molecule has 1 atom stereocenters. The van der Waals surface area contributed by atoms with Crippen LogP contribution in [0.25, 0.3) is 0 Å². The fourth-order valence-corrected chi connectivity index (χ4v) is 3.68. The fraction of sp³-hybridized carbons (Fsp3) is 0.286. The van der Waals surface area contributed by atoms with Crippen molar-refractivity contribution >= 4 is 17.7 Å². The zero-order chi connectivity index (χ0) is 18.8. The second kappa shape index (κ2) is 7.32. The number of piperidine rings is 1. The van der Waals surface area contributed by atoms with Crippen LogP contribution in [0, 0.1) is 0 Å². The molecule has 0 aromatic heterocycles. The van der Waals surface area contributed by atoms with Gasteiger partial charge < -0.3 is 10.2 Å². The first kappa shape index (κ1) is 17.4. The molecule has 1 unspecified atom stereocenters. The minimum absolute atomic E-state index is 0.136. The number of hydrogen-bond donors (Lipinski definition) is 2. The predicted octanol–water partition coefficient (Wildman–Crippen LogP) is 1.74. The van der Waals surface area contributed by atoms with Crippen LogP contribution in [-0.2, 0) is 29.2 Å². The summed E-state index contributed by atoms with van der Waals surface area (Å²) in [6.07, 6.45) is 0.654. The third kappa shape index (κ3) is 3.61. The van der Waals surface area contributed by atoms with Gasteiger partial charge in [-0.15, -0.1) is 0 Å². The van der Waals surface area contributed by atoms with E-state index in [1.165, 1.54) is 5.56 Å². The van der Waals surface area contributed by atoms with Gasteiger partial charge in [-0.2, -0.15) is 0 Å². The summed E-state index contributed by atoms with van der Waals surface area (Å²) in [4.78, 5) is 37.7. The maximum absolute atomic E-state index is 12.7. The third-order valence-corrected chi connectivity index (χ3v) is 5.09. The van der Waals surface area contributed by atoms with Crippen LogP contribution in [0.5, 0.6) is 0 Å². The Bertz CT molecular complexity index is 895. The van der Waals surface area contributed by atoms with Crippen LogP contribution in [0.3, 0.4) is 0 Å². The first-order valence-electron chi connectivity index (χ1n) is 9.13. The van der Waals surface area contributed by atoms with E-state index in [1.807, 2.05) is 36.4 Å². The smallest absolute Gasteiger partial charge is 0.255 e. The Balaban J connectivity index is 1.41. The maximum atomic E-state index is 12.7. The maximum Gasteiger partial charge on any atom is 0.255 e. The minimum Gasteiger partial charge on any atom is -0.322 e. The van der Waals surface area contributed by atoms with Crippen molar-refractivity contribution in [2.45, 2.75) is 38.5 Å². The van der Waals surface area contributed by atoms with E-state index in [0.29, 0.717) is 25.1 Å². The second-order valence-electron chi connectivity index (χ2n) is 6.98. The number of hydrogen-bond acceptors (Lipinski definition) is 4. The number of benzene rings is 2. The molecule has 0 spiro atoms. The van der Waals surface area contributed by atoms with E-state index in [1.54, 1.807) is 4.90 Å². The Labute approximate surface area is 157 Å². The molecule has 138 valence electrons. The lowest BCUT2D eigenvalue weighted by molar-refractivity contribution is -0.136. The summed E-state index contributed by atoms with van der Waals surface area (Å²) in [6.45, 7) is 1.89. The number of amides is 3. The fourth-order valence-electron chi connectivity index (χ4n) is 3.68. The Hall–Kier alpha value is -2.99. The highest BCUT2D eigenvalue weighted by Gasteiger charge is 2.38. The van der Waals surface area contributed by atoms with Gasteiger partial charge in [0.2, 0.25) is 11.8 Å². The minimum atomic E-state index is -0.567. The summed E-state index contributed by atoms with van der Waals surface area (Å²) in [5.41, 5.74) is 3.90. The van der Waals surface area contributed by atoms with Crippen LogP contribution in [0.1, 0.15) is 39.9 Å². The van der Waals surface area contributed by atoms with Gasteiger partial charge in [-0.3, -0.25) is 19.7 Å². The standard InChI is InChI=1S/C21H21N3O3/c25-19-9-8-18(20(26)23-19)24-13-16-10-15(6-7-17(16)21(24)27)12-22-11-14-4-2-1-3-5-14/h1-7,10,18,22H,8-9,11-13H2,(H,23,25,26). The molecule has 0 radical (unpaired) electrons. The highest BCUT2D eigenvalue weighted by atomic mass is 16.2. The van der Waals surface area contributed by atoms with Gasteiger partial charge in [-0.25, -0.2) is 0 Å². The van der Waals surface area contributed by atoms with Gasteiger partial charge in [-0.1, -0.05) is 42.5 Å². The summed E-state index contributed by atoms with van der Waals surface area (Å²) < 4.78 is 0. The van der Waals surface area contributed by atoms with Crippen LogP contribution in [-0.4, -0.2) is 28.7 Å². The van der Waals surface area contributed by atoms with Gasteiger partial charge in [0.05, 0.1) is 0 Å². The molecule has 1 fully saturated rings. The van der Waals surface area contributed by atoms with Gasteiger partial charge in [0.1, 0.15) is 6.04 Å². The van der Waals surface area contributed by atoms with E-state index in [0.717, 1.165) is 17.7 Å². The van der Waals surface area contributed by atoms with E-state index in [9.17, 15) is 14.4 Å². The average Bonchev–Trinajstić information content (AvgIpc) is 2.99. The second-order valence-corrected chi connectivity index (χ2v) is 6.98. The number of carbonyl (C=O) groups is 3. The quantitative estimate of drug-likeness (QED) is 0.793. The molecule has 4 rings (SSSR count). The SMILES string of the molecule is O=C1CCC(N2Cc3cc(CNCc4ccccc4)ccc3C2=O)C(=O)N1. The molecular weight excluding hydrogens is 342 g/mol. The lowest BCUT2D eigenvalue weighted by atomic mass is 10.0. The van der Waals surface area contributed by atoms with Crippen molar-refractivity contribution < 1.29 is 14.4 Å². The Kier molecular flexibility index (Phi) is 4.73. The van der Waals surface area contributed by atoms with Crippen molar-refractivity contribution in [2.75, 3.05) is 0 Å². The van der Waals surface area contributed by atoms with Gasteiger partial charge in [-0.05, 0) is 29.2 Å². The van der Waals surface area contributed by atoms with Gasteiger partial charge >= 0.3 is 0 Å². The zero-order valence-corrected chi connectivity index (χ0v) is 14.9. The van der Waals surface area contributed by atoms with Crippen LogP contribution >= 0.6 is 0 Å². The molecule has 0 saturated carbocycles. The van der Waals surface area contributed by atoms with Crippen LogP contribution in [0.15, 0.2) is 48.5 Å². The van der Waals surface area contributed by atoms with Gasteiger partial charge in [0, 0.05) is 31.6 Å². The van der Waals surface area contributed by atoms with Crippen molar-refractivity contribution in [3.63, 3.8) is 0 Å². The van der Waals surface area contributed by atoms with E-state index in [-0.39, 0.29) is 24.1 Å². The van der Waals surface area contributed by atoms with Crippen LogP contribution < -0.4 is 10.6 Å². The van der Waals surface area contributed by atoms with Crippen molar-refractivity contribution in [1.82, 2.24) is 15.5 Å². The summed E-state index contributed by atoms with van der Waals surface area (Å²) in [6, 6.07) is 15.4. The first-order chi connectivity index (χ1) is 13.1. The van der Waals surface area contributed by atoms with Crippen molar-refractivity contribution in [3.8, 4) is 0 Å². The molecule has 6 heteroatoms. The highest BCUT2D eigenvalue weighted by Crippen LogP contribution is 2.28. The van der Waals surface area contributed by atoms with Crippen molar-refractivity contribution in [2.24, 2.45) is 0 Å². The molecule has 2 heterocycles. The molecule has 3 amide bonds. The summed E-state index contributed by atoms with van der Waals surface area (Å²) in [7, 11) is 0. The Morgan fingerprint density at radius 1 is 1.00 bits per heavy atom. The largest absolute Gasteiger partial charge is 0.322 e. The molecule has 0 bridgehead atoms. The number of carbonyl (C=O) groups excluding carboxylic acids is 3. The van der Waals surface area contributed by atoms with Crippen LogP contribution in [0.2, 0.25) is 0 Å². The molecule has 1 saturated heterocycles. The van der Waals surface area contributed by atoms with Crippen molar-refractivity contribution in [1.29, 1.82) is 0 Å². The molecule has 2 aromatic rings. The lowest BCUT2D eigenvalue weighted by Gasteiger charge is -2.29. The molecule has 27 heavy (non-hydrogen) atoms. The lowest BCUT2D eigenvalue weighted by Crippen LogP contribution is -2.52.